The number of methoxy groups -OCH3 is 1. The van der Waals surface area contributed by atoms with E-state index in [2.05, 4.69) is 5.32 Å². The summed E-state index contributed by atoms with van der Waals surface area (Å²) in [5.74, 6) is -0.213. The van der Waals surface area contributed by atoms with Crippen LogP contribution in [0.25, 0.3) is 6.08 Å². The van der Waals surface area contributed by atoms with Crippen molar-refractivity contribution in [2.75, 3.05) is 25.6 Å². The molecule has 1 amide bonds. The van der Waals surface area contributed by atoms with Gasteiger partial charge in [0.05, 0.1) is 18.6 Å². The highest BCUT2D eigenvalue weighted by Crippen LogP contribution is 2.28. The second-order valence-electron chi connectivity index (χ2n) is 5.64. The van der Waals surface area contributed by atoms with Crippen molar-refractivity contribution in [3.63, 3.8) is 0 Å². The molecule has 152 valence electrons. The summed E-state index contributed by atoms with van der Waals surface area (Å²) in [6.45, 7) is 1.78. The van der Waals surface area contributed by atoms with Crippen LogP contribution < -0.4 is 14.8 Å². The third kappa shape index (κ3) is 6.65. The molecule has 0 fully saturated rings. The van der Waals surface area contributed by atoms with Gasteiger partial charge in [0.2, 0.25) is 0 Å². The van der Waals surface area contributed by atoms with Gasteiger partial charge in [-0.2, -0.15) is 0 Å². The van der Waals surface area contributed by atoms with Crippen molar-refractivity contribution in [1.82, 2.24) is 0 Å². The van der Waals surface area contributed by atoms with Gasteiger partial charge in [0, 0.05) is 23.9 Å². The number of benzene rings is 2. The first-order valence-corrected chi connectivity index (χ1v) is 8.63. The summed E-state index contributed by atoms with van der Waals surface area (Å²) < 4.78 is 15.5. The van der Waals surface area contributed by atoms with Crippen LogP contribution in [-0.4, -0.2) is 37.1 Å². The van der Waals surface area contributed by atoms with Gasteiger partial charge >= 0.3 is 5.97 Å². The first-order chi connectivity index (χ1) is 13.9. The molecule has 0 aromatic heterocycles. The van der Waals surface area contributed by atoms with Gasteiger partial charge in [-0.1, -0.05) is 12.1 Å². The monoisotopic (exact) mass is 400 g/mol. The topological polar surface area (TPSA) is 117 Å². The molecule has 2 aromatic carbocycles. The molecule has 0 spiro atoms. The lowest BCUT2D eigenvalue weighted by molar-refractivity contribution is -0.384. The number of non-ortho nitro benzene ring substituents is 1. The van der Waals surface area contributed by atoms with Crippen LogP contribution in [0.1, 0.15) is 12.5 Å². The molecule has 0 heterocycles. The minimum absolute atomic E-state index is 0.159. The third-order valence-corrected chi connectivity index (χ3v) is 3.59. The molecule has 0 bridgehead atoms. The first-order valence-electron chi connectivity index (χ1n) is 8.63. The van der Waals surface area contributed by atoms with E-state index in [0.29, 0.717) is 23.7 Å². The Kier molecular flexibility index (Phi) is 7.72. The number of esters is 1. The number of hydrogen-bond acceptors (Lipinski definition) is 7. The number of nitro benzene ring substituents is 1. The van der Waals surface area contributed by atoms with E-state index in [1.807, 2.05) is 6.92 Å². The molecule has 2 rings (SSSR count). The fourth-order valence-electron chi connectivity index (χ4n) is 2.31. The lowest BCUT2D eigenvalue weighted by atomic mass is 10.2. The highest BCUT2D eigenvalue weighted by Gasteiger charge is 2.10. The first kappa shape index (κ1) is 21.4. The molecule has 9 heteroatoms. The summed E-state index contributed by atoms with van der Waals surface area (Å²) in [7, 11) is 1.53. The van der Waals surface area contributed by atoms with E-state index in [1.54, 1.807) is 18.2 Å². The summed E-state index contributed by atoms with van der Waals surface area (Å²) in [4.78, 5) is 33.8. The Hall–Kier alpha value is -3.88. The van der Waals surface area contributed by atoms with Crippen molar-refractivity contribution >= 4 is 29.3 Å². The number of rotatable bonds is 9. The molecule has 0 aliphatic rings. The number of ether oxygens (including phenoxy) is 3. The van der Waals surface area contributed by atoms with Crippen LogP contribution in [0.2, 0.25) is 0 Å². The van der Waals surface area contributed by atoms with Crippen molar-refractivity contribution in [1.29, 1.82) is 0 Å². The van der Waals surface area contributed by atoms with E-state index in [0.717, 1.165) is 0 Å². The summed E-state index contributed by atoms with van der Waals surface area (Å²) in [5.41, 5.74) is 0.762. The minimum Gasteiger partial charge on any atom is -0.493 e. The van der Waals surface area contributed by atoms with Crippen LogP contribution in [0.4, 0.5) is 11.4 Å². The smallest absolute Gasteiger partial charge is 0.331 e. The second kappa shape index (κ2) is 10.5. The number of nitrogens with zero attached hydrogens (tertiary/aromatic N) is 1. The molecule has 0 aliphatic carbocycles. The molecule has 29 heavy (non-hydrogen) atoms. The van der Waals surface area contributed by atoms with Gasteiger partial charge < -0.3 is 19.5 Å². The minimum atomic E-state index is -0.715. The van der Waals surface area contributed by atoms with Crippen molar-refractivity contribution in [3.8, 4) is 11.5 Å². The summed E-state index contributed by atoms with van der Waals surface area (Å²) in [6, 6.07) is 10.6. The summed E-state index contributed by atoms with van der Waals surface area (Å²) >= 11 is 0. The van der Waals surface area contributed by atoms with E-state index >= 15 is 0 Å². The highest BCUT2D eigenvalue weighted by atomic mass is 16.6. The summed E-state index contributed by atoms with van der Waals surface area (Å²) in [5, 5.41) is 13.2. The molecule has 9 nitrogen and oxygen atoms in total. The van der Waals surface area contributed by atoms with Crippen LogP contribution in [-0.2, 0) is 14.3 Å². The number of hydrogen-bond donors (Lipinski definition) is 1. The summed E-state index contributed by atoms with van der Waals surface area (Å²) in [6.07, 6.45) is 2.70. The largest absolute Gasteiger partial charge is 0.493 e. The van der Waals surface area contributed by atoms with E-state index in [1.165, 1.54) is 43.5 Å². The number of anilines is 1. The lowest BCUT2D eigenvalue weighted by Gasteiger charge is -2.09. The fraction of sp³-hybridized carbons (Fsp3) is 0.200. The number of amides is 1. The second-order valence-corrected chi connectivity index (χ2v) is 5.64. The van der Waals surface area contributed by atoms with Crippen molar-refractivity contribution < 1.29 is 28.7 Å². The Morgan fingerprint density at radius 2 is 1.97 bits per heavy atom. The number of carbonyl (C=O) groups is 2. The molecule has 0 radical (unpaired) electrons. The average Bonchev–Trinajstić information content (AvgIpc) is 2.71. The molecular weight excluding hydrogens is 380 g/mol. The normalized spacial score (nSPS) is 10.4. The van der Waals surface area contributed by atoms with Gasteiger partial charge in [0.15, 0.2) is 18.1 Å². The van der Waals surface area contributed by atoms with Crippen LogP contribution in [0.15, 0.2) is 48.5 Å². The van der Waals surface area contributed by atoms with Gasteiger partial charge in [-0.3, -0.25) is 14.9 Å². The van der Waals surface area contributed by atoms with Crippen molar-refractivity contribution in [3.05, 3.63) is 64.2 Å². The maximum absolute atomic E-state index is 11.8. The Morgan fingerprint density at radius 1 is 1.17 bits per heavy atom. The molecular formula is C20H20N2O7. The molecule has 0 aliphatic heterocycles. The highest BCUT2D eigenvalue weighted by molar-refractivity contribution is 5.94. The predicted octanol–water partition coefficient (Wildman–Crippen LogP) is 3.20. The number of carbonyl (C=O) groups excluding carboxylic acids is 2. The zero-order chi connectivity index (χ0) is 21.2. The average molecular weight is 400 g/mol. The Labute approximate surface area is 167 Å². The van der Waals surface area contributed by atoms with Crippen LogP contribution >= 0.6 is 0 Å². The van der Waals surface area contributed by atoms with Crippen molar-refractivity contribution in [2.45, 2.75) is 6.92 Å². The molecule has 1 N–H and O–H groups in total. The Balaban J connectivity index is 1.89. The van der Waals surface area contributed by atoms with Crippen molar-refractivity contribution in [2.24, 2.45) is 0 Å². The zero-order valence-corrected chi connectivity index (χ0v) is 15.9. The van der Waals surface area contributed by atoms with Crippen LogP contribution in [0.5, 0.6) is 11.5 Å². The molecule has 0 unspecified atom stereocenters. The van der Waals surface area contributed by atoms with E-state index in [-0.39, 0.29) is 11.4 Å². The van der Waals surface area contributed by atoms with Gasteiger partial charge in [0.1, 0.15) is 0 Å². The maximum atomic E-state index is 11.8. The maximum Gasteiger partial charge on any atom is 0.331 e. The van der Waals surface area contributed by atoms with Gasteiger partial charge in [-0.25, -0.2) is 4.79 Å². The fourth-order valence-corrected chi connectivity index (χ4v) is 2.31. The van der Waals surface area contributed by atoms with Gasteiger partial charge in [-0.15, -0.1) is 0 Å². The predicted molar refractivity (Wildman–Crippen MR) is 106 cm³/mol. The standard InChI is InChI=1S/C20H20N2O7/c1-3-28-18-11-14(7-9-17(18)27-2)8-10-20(24)29-13-19(23)21-15-5-4-6-16(12-15)22(25)26/h4-12H,3,13H2,1-2H3,(H,21,23)/b10-8+. The number of nitrogens with one attached hydrogen (secondary N) is 1. The third-order valence-electron chi connectivity index (χ3n) is 3.59. The quantitative estimate of drug-likeness (QED) is 0.297. The van der Waals surface area contributed by atoms with Crippen LogP contribution in [0, 0.1) is 10.1 Å². The van der Waals surface area contributed by atoms with E-state index in [4.69, 9.17) is 14.2 Å². The molecule has 2 aromatic rings. The van der Waals surface area contributed by atoms with Gasteiger partial charge in [-0.05, 0) is 36.8 Å². The van der Waals surface area contributed by atoms with E-state index in [9.17, 15) is 19.7 Å². The lowest BCUT2D eigenvalue weighted by Crippen LogP contribution is -2.20. The molecule has 0 saturated heterocycles. The molecule has 0 saturated carbocycles. The Morgan fingerprint density at radius 3 is 2.66 bits per heavy atom. The Bertz CT molecular complexity index is 925. The molecule has 0 atom stereocenters. The van der Waals surface area contributed by atoms with E-state index < -0.39 is 23.4 Å². The SMILES string of the molecule is CCOc1cc(/C=C/C(=O)OCC(=O)Nc2cccc([N+](=O)[O-])c2)ccc1OC. The van der Waals surface area contributed by atoms with Crippen LogP contribution in [0.3, 0.4) is 0 Å². The zero-order valence-electron chi connectivity index (χ0n) is 15.9. The number of nitro groups is 1. The van der Waals surface area contributed by atoms with Gasteiger partial charge in [0.25, 0.3) is 11.6 Å².